The number of halogens is 1. The monoisotopic (exact) mass is 386 g/mol. The summed E-state index contributed by atoms with van der Waals surface area (Å²) in [4.78, 5) is 7.22. The third-order valence-corrected chi connectivity index (χ3v) is 4.43. The van der Waals surface area contributed by atoms with Crippen LogP contribution in [0.2, 0.25) is 0 Å². The van der Waals surface area contributed by atoms with Crippen molar-refractivity contribution in [3.63, 3.8) is 0 Å². The number of ether oxygens (including phenoxy) is 2. The molecule has 1 atom stereocenters. The van der Waals surface area contributed by atoms with Gasteiger partial charge in [-0.3, -0.25) is 0 Å². The standard InChI is InChI=1S/C19H19FN4O4/c1-10-5-13-14(23-10)3-4-15(17(13)20)28-19-18-11(2)16(27-8-12(26)7-25)6-24(18)22-9-21-19/h3-6,9,12,23,25-26H,7-8H2,1-2H3/t12-/m1/s1. The van der Waals surface area contributed by atoms with Crippen LogP contribution in [0.25, 0.3) is 16.4 Å². The summed E-state index contributed by atoms with van der Waals surface area (Å²) >= 11 is 0. The van der Waals surface area contributed by atoms with Crippen molar-refractivity contribution < 1.29 is 24.1 Å². The second kappa shape index (κ2) is 7.10. The zero-order valence-corrected chi connectivity index (χ0v) is 15.3. The van der Waals surface area contributed by atoms with Crippen LogP contribution in [0.1, 0.15) is 11.3 Å². The van der Waals surface area contributed by atoms with Crippen molar-refractivity contribution in [2.75, 3.05) is 13.2 Å². The SMILES string of the molecule is Cc1cc2c(F)c(Oc3ncnn4cc(OC[C@H](O)CO)c(C)c34)ccc2[nH]1. The molecule has 0 amide bonds. The van der Waals surface area contributed by atoms with E-state index in [4.69, 9.17) is 14.6 Å². The topological polar surface area (TPSA) is 105 Å². The Morgan fingerprint density at radius 3 is 2.89 bits per heavy atom. The summed E-state index contributed by atoms with van der Waals surface area (Å²) < 4.78 is 27.7. The van der Waals surface area contributed by atoms with Gasteiger partial charge in [0.2, 0.25) is 5.88 Å². The van der Waals surface area contributed by atoms with E-state index in [0.717, 1.165) is 5.69 Å². The summed E-state index contributed by atoms with van der Waals surface area (Å²) in [5.41, 5.74) is 2.72. The average molecular weight is 386 g/mol. The van der Waals surface area contributed by atoms with E-state index in [1.54, 1.807) is 31.3 Å². The van der Waals surface area contributed by atoms with E-state index in [1.807, 2.05) is 6.92 Å². The number of rotatable bonds is 6. The van der Waals surface area contributed by atoms with Gasteiger partial charge in [-0.2, -0.15) is 10.1 Å². The summed E-state index contributed by atoms with van der Waals surface area (Å²) in [5.74, 6) is 0.196. The van der Waals surface area contributed by atoms with Gasteiger partial charge >= 0.3 is 0 Å². The van der Waals surface area contributed by atoms with Gasteiger partial charge in [0.25, 0.3) is 0 Å². The Kier molecular flexibility index (Phi) is 4.62. The number of aliphatic hydroxyl groups is 2. The number of aromatic amines is 1. The van der Waals surface area contributed by atoms with Crippen LogP contribution >= 0.6 is 0 Å². The van der Waals surface area contributed by atoms with E-state index < -0.39 is 18.5 Å². The van der Waals surface area contributed by atoms with E-state index in [-0.39, 0.29) is 18.2 Å². The third kappa shape index (κ3) is 3.14. The van der Waals surface area contributed by atoms with Crippen LogP contribution in [-0.4, -0.2) is 49.1 Å². The summed E-state index contributed by atoms with van der Waals surface area (Å²) in [6, 6.07) is 5.00. The van der Waals surface area contributed by atoms with Gasteiger partial charge in [0, 0.05) is 22.2 Å². The molecule has 146 valence electrons. The van der Waals surface area contributed by atoms with E-state index in [0.29, 0.717) is 27.7 Å². The van der Waals surface area contributed by atoms with Crippen molar-refractivity contribution in [1.82, 2.24) is 19.6 Å². The molecule has 0 bridgehead atoms. The molecule has 1 aromatic carbocycles. The molecule has 3 heterocycles. The van der Waals surface area contributed by atoms with Crippen LogP contribution < -0.4 is 9.47 Å². The predicted octanol–water partition coefficient (Wildman–Crippen LogP) is 2.49. The minimum atomic E-state index is -0.991. The van der Waals surface area contributed by atoms with Gasteiger partial charge < -0.3 is 24.7 Å². The number of hydrogen-bond acceptors (Lipinski definition) is 6. The number of hydrogen-bond donors (Lipinski definition) is 3. The Morgan fingerprint density at radius 1 is 1.29 bits per heavy atom. The van der Waals surface area contributed by atoms with Gasteiger partial charge in [-0.05, 0) is 32.0 Å². The lowest BCUT2D eigenvalue weighted by molar-refractivity contribution is 0.0534. The van der Waals surface area contributed by atoms with Crippen molar-refractivity contribution in [1.29, 1.82) is 0 Å². The highest BCUT2D eigenvalue weighted by atomic mass is 19.1. The van der Waals surface area contributed by atoms with Crippen molar-refractivity contribution >= 4 is 16.4 Å². The second-order valence-corrected chi connectivity index (χ2v) is 6.52. The molecule has 0 radical (unpaired) electrons. The lowest BCUT2D eigenvalue weighted by Crippen LogP contribution is -2.21. The van der Waals surface area contributed by atoms with Gasteiger partial charge in [0.15, 0.2) is 11.6 Å². The molecule has 0 saturated heterocycles. The Labute approximate surface area is 159 Å². The smallest absolute Gasteiger partial charge is 0.247 e. The molecule has 0 spiro atoms. The fourth-order valence-electron chi connectivity index (χ4n) is 3.04. The Balaban J connectivity index is 1.71. The van der Waals surface area contributed by atoms with Crippen molar-refractivity contribution in [3.8, 4) is 17.4 Å². The van der Waals surface area contributed by atoms with Crippen LogP contribution in [0.5, 0.6) is 17.4 Å². The van der Waals surface area contributed by atoms with Crippen molar-refractivity contribution in [3.05, 3.63) is 47.8 Å². The molecule has 4 aromatic rings. The number of nitrogens with one attached hydrogen (secondary N) is 1. The summed E-state index contributed by atoms with van der Waals surface area (Å²) in [7, 11) is 0. The molecular formula is C19H19FN4O4. The number of aryl methyl sites for hydroxylation is 2. The Hall–Kier alpha value is -3.17. The maximum Gasteiger partial charge on any atom is 0.247 e. The molecule has 9 heteroatoms. The van der Waals surface area contributed by atoms with Crippen LogP contribution in [0.3, 0.4) is 0 Å². The number of fused-ring (bicyclic) bond motifs is 2. The number of aromatic nitrogens is 4. The first-order valence-electron chi connectivity index (χ1n) is 8.68. The molecule has 4 rings (SSSR count). The molecule has 0 fully saturated rings. The van der Waals surface area contributed by atoms with Crippen LogP contribution in [0, 0.1) is 19.7 Å². The summed E-state index contributed by atoms with van der Waals surface area (Å²) in [6.07, 6.45) is 1.92. The molecule has 3 aromatic heterocycles. The molecular weight excluding hydrogens is 367 g/mol. The first-order chi connectivity index (χ1) is 13.5. The number of H-pyrrole nitrogens is 1. The van der Waals surface area contributed by atoms with E-state index >= 15 is 0 Å². The lowest BCUT2D eigenvalue weighted by Gasteiger charge is -2.09. The number of benzene rings is 1. The van der Waals surface area contributed by atoms with Crippen molar-refractivity contribution in [2.45, 2.75) is 20.0 Å². The zero-order chi connectivity index (χ0) is 19.8. The first-order valence-corrected chi connectivity index (χ1v) is 8.68. The van der Waals surface area contributed by atoms with E-state index in [9.17, 15) is 9.50 Å². The highest BCUT2D eigenvalue weighted by Crippen LogP contribution is 2.34. The number of nitrogens with zero attached hydrogens (tertiary/aromatic N) is 3. The average Bonchev–Trinajstić information content (AvgIpc) is 3.22. The fourth-order valence-corrected chi connectivity index (χ4v) is 3.04. The normalized spacial score (nSPS) is 12.6. The largest absolute Gasteiger partial charge is 0.489 e. The van der Waals surface area contributed by atoms with Crippen molar-refractivity contribution in [2.24, 2.45) is 0 Å². The maximum absolute atomic E-state index is 14.9. The van der Waals surface area contributed by atoms with Gasteiger partial charge in [-0.1, -0.05) is 0 Å². The molecule has 3 N–H and O–H groups in total. The van der Waals surface area contributed by atoms with E-state index in [2.05, 4.69) is 15.1 Å². The van der Waals surface area contributed by atoms with Crippen LogP contribution in [-0.2, 0) is 0 Å². The molecule has 0 aliphatic carbocycles. The van der Waals surface area contributed by atoms with Gasteiger partial charge in [-0.25, -0.2) is 8.91 Å². The summed E-state index contributed by atoms with van der Waals surface area (Å²) in [5, 5.41) is 23.0. The lowest BCUT2D eigenvalue weighted by atomic mass is 10.2. The third-order valence-electron chi connectivity index (χ3n) is 4.43. The second-order valence-electron chi connectivity index (χ2n) is 6.52. The predicted molar refractivity (Wildman–Crippen MR) is 99.4 cm³/mol. The molecule has 0 unspecified atom stereocenters. The Bertz CT molecular complexity index is 1150. The Morgan fingerprint density at radius 2 is 2.11 bits per heavy atom. The van der Waals surface area contributed by atoms with E-state index in [1.165, 1.54) is 10.8 Å². The highest BCUT2D eigenvalue weighted by molar-refractivity contribution is 5.83. The molecule has 0 aliphatic heterocycles. The van der Waals surface area contributed by atoms with Gasteiger partial charge in [0.05, 0.1) is 12.8 Å². The first kappa shape index (κ1) is 18.2. The minimum Gasteiger partial charge on any atom is -0.489 e. The quantitative estimate of drug-likeness (QED) is 0.470. The summed E-state index contributed by atoms with van der Waals surface area (Å²) in [6.45, 7) is 3.16. The molecule has 0 aliphatic rings. The van der Waals surface area contributed by atoms with Crippen LogP contribution in [0.4, 0.5) is 4.39 Å². The molecule has 0 saturated carbocycles. The van der Waals surface area contributed by atoms with Gasteiger partial charge in [-0.15, -0.1) is 0 Å². The zero-order valence-electron chi connectivity index (χ0n) is 15.3. The number of aliphatic hydroxyl groups excluding tert-OH is 2. The maximum atomic E-state index is 14.9. The fraction of sp³-hybridized carbons (Fsp3) is 0.263. The highest BCUT2D eigenvalue weighted by Gasteiger charge is 2.18. The molecule has 28 heavy (non-hydrogen) atoms. The molecule has 8 nitrogen and oxygen atoms in total. The van der Waals surface area contributed by atoms with Gasteiger partial charge in [0.1, 0.15) is 30.3 Å². The van der Waals surface area contributed by atoms with Crippen LogP contribution in [0.15, 0.2) is 30.7 Å². The minimum absolute atomic E-state index is 0.0471.